The van der Waals surface area contributed by atoms with Gasteiger partial charge in [-0.25, -0.2) is 4.98 Å². The lowest BCUT2D eigenvalue weighted by molar-refractivity contribution is -0.703. The number of benzene rings is 2. The number of nitrogens with zero attached hydrogens (tertiary/aromatic N) is 4. The van der Waals surface area contributed by atoms with Crippen LogP contribution in [0.15, 0.2) is 59.8 Å². The Kier molecular flexibility index (Phi) is 7.72. The summed E-state index contributed by atoms with van der Waals surface area (Å²) in [6.45, 7) is 1.55. The van der Waals surface area contributed by atoms with Crippen molar-refractivity contribution < 1.29 is 10.3 Å². The predicted molar refractivity (Wildman–Crippen MR) is 140 cm³/mol. The topological polar surface area (TPSA) is 115 Å². The number of rotatable bonds is 8. The molecular weight excluding hydrogens is 487 g/mol. The van der Waals surface area contributed by atoms with Gasteiger partial charge in [-0.3, -0.25) is 4.79 Å². The molecule has 0 fully saturated rings. The maximum atomic E-state index is 12.4. The number of carbonyl (C=O) groups excluding carboxylic acids is 1. The number of nitrogens with one attached hydrogen (secondary N) is 2. The third-order valence-corrected chi connectivity index (χ3v) is 6.29. The highest BCUT2D eigenvalue weighted by Gasteiger charge is 2.29. The van der Waals surface area contributed by atoms with Gasteiger partial charge in [-0.15, -0.1) is 21.2 Å². The quantitative estimate of drug-likeness (QED) is 0.271. The molecule has 1 aromatic heterocycles. The molecule has 0 spiro atoms. The molecule has 0 aliphatic carbocycles. The molecule has 2 aromatic carbocycles. The van der Waals surface area contributed by atoms with Crippen molar-refractivity contribution in [2.45, 2.75) is 6.42 Å². The van der Waals surface area contributed by atoms with Crippen LogP contribution in [0.5, 0.6) is 0 Å². The molecule has 1 aliphatic heterocycles. The maximum Gasteiger partial charge on any atom is 0.251 e. The van der Waals surface area contributed by atoms with Crippen LogP contribution in [0.1, 0.15) is 22.3 Å². The number of amides is 1. The highest BCUT2D eigenvalue weighted by molar-refractivity contribution is 6.44. The van der Waals surface area contributed by atoms with Gasteiger partial charge < -0.3 is 16.0 Å². The summed E-state index contributed by atoms with van der Waals surface area (Å²) in [4.78, 5) is 18.9. The van der Waals surface area contributed by atoms with E-state index in [9.17, 15) is 4.79 Å². The Bertz CT molecular complexity index is 1250. The Labute approximate surface area is 213 Å². The number of amidine groups is 1. The Balaban J connectivity index is 1.54. The average Bonchev–Trinajstić information content (AvgIpc) is 3.33. The van der Waals surface area contributed by atoms with Crippen molar-refractivity contribution in [2.24, 2.45) is 5.10 Å². The number of nitrogen functional groups attached to an aromatic ring is 1. The van der Waals surface area contributed by atoms with Crippen LogP contribution in [0.3, 0.4) is 0 Å². The second-order valence-corrected chi connectivity index (χ2v) is 9.07. The molecular formula is C24H27Cl2N8O+. The fourth-order valence-corrected chi connectivity index (χ4v) is 4.03. The third-order valence-electron chi connectivity index (χ3n) is 5.48. The SMILES string of the molecule is CN(C)CCCNC(=O)c1ccc(-c2cnc(N)c(C3=NN[NH2+]N3c3cccc(Cl)c3Cl)c2)cc1. The number of nitrogens with two attached hydrogens (primary N) is 2. The smallest absolute Gasteiger partial charge is 0.251 e. The molecule has 9 nitrogen and oxygen atoms in total. The Morgan fingerprint density at radius 1 is 1.17 bits per heavy atom. The van der Waals surface area contributed by atoms with Gasteiger partial charge in [0.1, 0.15) is 11.5 Å². The first-order valence-corrected chi connectivity index (χ1v) is 11.8. The first kappa shape index (κ1) is 24.7. The summed E-state index contributed by atoms with van der Waals surface area (Å²) >= 11 is 12.6. The minimum absolute atomic E-state index is 0.0950. The van der Waals surface area contributed by atoms with Crippen molar-refractivity contribution >= 4 is 46.4 Å². The third kappa shape index (κ3) is 5.66. The molecule has 6 N–H and O–H groups in total. The van der Waals surface area contributed by atoms with Gasteiger partial charge in [0.05, 0.1) is 15.6 Å². The molecule has 35 heavy (non-hydrogen) atoms. The number of hydrogen-bond donors (Lipinski definition) is 4. The van der Waals surface area contributed by atoms with Crippen LogP contribution in [-0.4, -0.2) is 48.8 Å². The molecule has 1 aliphatic rings. The van der Waals surface area contributed by atoms with Crippen LogP contribution in [0.4, 0.5) is 11.5 Å². The van der Waals surface area contributed by atoms with Gasteiger partial charge >= 0.3 is 0 Å². The highest BCUT2D eigenvalue weighted by atomic mass is 35.5. The van der Waals surface area contributed by atoms with Crippen LogP contribution in [0.2, 0.25) is 10.0 Å². The zero-order valence-electron chi connectivity index (χ0n) is 19.4. The van der Waals surface area contributed by atoms with Crippen molar-refractivity contribution in [3.8, 4) is 11.1 Å². The van der Waals surface area contributed by atoms with Gasteiger partial charge in [0, 0.05) is 23.9 Å². The van der Waals surface area contributed by atoms with Gasteiger partial charge in [-0.2, -0.15) is 0 Å². The number of hydrogen-bond acceptors (Lipinski definition) is 7. The maximum absolute atomic E-state index is 12.4. The first-order valence-electron chi connectivity index (χ1n) is 11.0. The zero-order chi connectivity index (χ0) is 24.9. The van der Waals surface area contributed by atoms with E-state index in [1.54, 1.807) is 34.9 Å². The largest absolute Gasteiger partial charge is 0.383 e. The van der Waals surface area contributed by atoms with Crippen molar-refractivity contribution in [1.82, 2.24) is 20.7 Å². The minimum atomic E-state index is -0.0950. The van der Waals surface area contributed by atoms with E-state index in [0.29, 0.717) is 45.1 Å². The number of carbonyl (C=O) groups is 1. The Hall–Kier alpha value is -3.37. The fourth-order valence-electron chi connectivity index (χ4n) is 3.64. The molecule has 0 unspecified atom stereocenters. The van der Waals surface area contributed by atoms with Crippen LogP contribution in [0.25, 0.3) is 11.1 Å². The summed E-state index contributed by atoms with van der Waals surface area (Å²) in [7, 11) is 4.02. The van der Waals surface area contributed by atoms with Crippen molar-refractivity contribution in [3.63, 3.8) is 0 Å². The molecule has 182 valence electrons. The van der Waals surface area contributed by atoms with Crippen molar-refractivity contribution in [1.29, 1.82) is 0 Å². The lowest BCUT2D eigenvalue weighted by atomic mass is 10.0. The van der Waals surface area contributed by atoms with E-state index >= 15 is 0 Å². The molecule has 11 heteroatoms. The lowest BCUT2D eigenvalue weighted by Crippen LogP contribution is -2.98. The molecule has 0 saturated heterocycles. The summed E-state index contributed by atoms with van der Waals surface area (Å²) in [5.41, 5.74) is 14.4. The lowest BCUT2D eigenvalue weighted by Gasteiger charge is -2.18. The number of hydrazone groups is 1. The Morgan fingerprint density at radius 2 is 1.94 bits per heavy atom. The van der Waals surface area contributed by atoms with Gasteiger partial charge in [0.25, 0.3) is 5.91 Å². The van der Waals surface area contributed by atoms with Crippen molar-refractivity contribution in [3.05, 3.63) is 75.9 Å². The number of quaternary nitrogens is 1. The van der Waals surface area contributed by atoms with Crippen molar-refractivity contribution in [2.75, 3.05) is 37.9 Å². The molecule has 3 aromatic rings. The average molecular weight is 514 g/mol. The second-order valence-electron chi connectivity index (χ2n) is 8.28. The van der Waals surface area contributed by atoms with E-state index in [1.165, 1.54) is 0 Å². The summed E-state index contributed by atoms with van der Waals surface area (Å²) in [5, 5.41) is 9.93. The molecule has 0 saturated carbocycles. The summed E-state index contributed by atoms with van der Waals surface area (Å²) in [6.07, 6.45) is 2.59. The van der Waals surface area contributed by atoms with Crippen LogP contribution in [0, 0.1) is 0 Å². The number of anilines is 2. The first-order chi connectivity index (χ1) is 16.8. The summed E-state index contributed by atoms with van der Waals surface area (Å²) in [6, 6.07) is 14.6. The van der Waals surface area contributed by atoms with Crippen LogP contribution < -0.4 is 27.1 Å². The van der Waals surface area contributed by atoms with Gasteiger partial charge in [0.15, 0.2) is 0 Å². The molecule has 4 rings (SSSR count). The molecule has 0 bridgehead atoms. The fraction of sp³-hybridized carbons (Fsp3) is 0.208. The normalized spacial score (nSPS) is 13.1. The van der Waals surface area contributed by atoms with E-state index < -0.39 is 0 Å². The number of halogens is 2. The van der Waals surface area contributed by atoms with Crippen LogP contribution in [-0.2, 0) is 0 Å². The second kappa shape index (κ2) is 10.9. The van der Waals surface area contributed by atoms with Gasteiger partial charge in [0.2, 0.25) is 5.84 Å². The molecule has 0 atom stereocenters. The molecule has 2 heterocycles. The minimum Gasteiger partial charge on any atom is -0.383 e. The van der Waals surface area contributed by atoms with E-state index in [1.807, 2.05) is 44.4 Å². The van der Waals surface area contributed by atoms with E-state index in [2.05, 4.69) is 25.8 Å². The zero-order valence-corrected chi connectivity index (χ0v) is 20.9. The number of aromatic nitrogens is 1. The highest BCUT2D eigenvalue weighted by Crippen LogP contribution is 2.33. The van der Waals surface area contributed by atoms with Gasteiger partial charge in [-0.05, 0) is 63.0 Å². The number of pyridine rings is 1. The predicted octanol–water partition coefficient (Wildman–Crippen LogP) is 2.48. The summed E-state index contributed by atoms with van der Waals surface area (Å²) in [5.74, 6) is 0.763. The summed E-state index contributed by atoms with van der Waals surface area (Å²) < 4.78 is 0. The van der Waals surface area contributed by atoms with Crippen LogP contribution >= 0.6 is 23.2 Å². The monoisotopic (exact) mass is 513 g/mol. The molecule has 0 radical (unpaired) electrons. The standard InChI is InChI=1S/C24H26Cl2N8O/c1-33(2)12-4-11-28-24(35)16-9-7-15(8-10-16)17-13-18(22(27)29-14-17)23-30-31-32-34(23)20-6-3-5-19(25)21(20)26/h3,5-10,13-14,31-32H,4,11-12H2,1-2H3,(H2,27,29)(H,28,35)/p+1. The van der Waals surface area contributed by atoms with E-state index in [0.717, 1.165) is 24.1 Å². The Morgan fingerprint density at radius 3 is 2.69 bits per heavy atom. The van der Waals surface area contributed by atoms with Gasteiger partial charge in [-0.1, -0.05) is 41.4 Å². The van der Waals surface area contributed by atoms with E-state index in [4.69, 9.17) is 28.9 Å². The van der Waals surface area contributed by atoms with E-state index in [-0.39, 0.29) is 5.91 Å². The molecule has 1 amide bonds.